The van der Waals surface area contributed by atoms with Gasteiger partial charge in [0.15, 0.2) is 0 Å². The van der Waals surface area contributed by atoms with Gasteiger partial charge in [0.05, 0.1) is 28.4 Å². The van der Waals surface area contributed by atoms with E-state index in [0.717, 1.165) is 108 Å². The van der Waals surface area contributed by atoms with E-state index < -0.39 is 0 Å². The van der Waals surface area contributed by atoms with Gasteiger partial charge >= 0.3 is 0 Å². The molecule has 0 aliphatic rings. The molecule has 0 unspecified atom stereocenters. The Morgan fingerprint density at radius 2 is 0.266 bits per heavy atom. The lowest BCUT2D eigenvalue weighted by Gasteiger charge is -2.30. The van der Waals surface area contributed by atoms with Gasteiger partial charge in [0.2, 0.25) is 0 Å². The average molecular weight is 1030 g/mol. The van der Waals surface area contributed by atoms with Crippen molar-refractivity contribution in [1.29, 1.82) is 0 Å². The van der Waals surface area contributed by atoms with Gasteiger partial charge in [-0.15, -0.1) is 0 Å². The van der Waals surface area contributed by atoms with Crippen LogP contribution in [0.5, 0.6) is 23.0 Å². The third kappa shape index (κ3) is 11.1. The van der Waals surface area contributed by atoms with Gasteiger partial charge in [-0.05, 0) is 231 Å². The number of rotatable bonds is 19. The first kappa shape index (κ1) is 50.8. The van der Waals surface area contributed by atoms with E-state index in [1.165, 1.54) is 0 Å². The van der Waals surface area contributed by atoms with E-state index in [9.17, 15) is 0 Å². The lowest BCUT2D eigenvalue weighted by molar-refractivity contribution is 0.414. The third-order valence-electron chi connectivity index (χ3n) is 13.8. The summed E-state index contributed by atoms with van der Waals surface area (Å²) in [5.41, 5.74) is 15.3. The zero-order chi connectivity index (χ0) is 53.9. The molecule has 0 radical (unpaired) electrons. The molecule has 11 rings (SSSR count). The van der Waals surface area contributed by atoms with Crippen molar-refractivity contribution in [3.8, 4) is 23.0 Å². The Morgan fingerprint density at radius 3 is 0.392 bits per heavy atom. The molecule has 0 heterocycles. The van der Waals surface area contributed by atoms with Crippen molar-refractivity contribution in [2.45, 2.75) is 0 Å². The summed E-state index contributed by atoms with van der Waals surface area (Å²) in [6.45, 7) is 0. The first-order valence-corrected chi connectivity index (χ1v) is 26.1. The second kappa shape index (κ2) is 23.7. The summed E-state index contributed by atoms with van der Waals surface area (Å²) in [6.07, 6.45) is 0. The molecular formula is C70H59N5O4. The molecule has 0 fully saturated rings. The normalized spacial score (nSPS) is 10.8. The van der Waals surface area contributed by atoms with Crippen LogP contribution < -0.4 is 43.4 Å². The second-order valence-electron chi connectivity index (χ2n) is 18.5. The fourth-order valence-corrected chi connectivity index (χ4v) is 9.90. The fourth-order valence-electron chi connectivity index (χ4n) is 9.90. The molecule has 0 N–H and O–H groups in total. The minimum Gasteiger partial charge on any atom is -0.497 e. The summed E-state index contributed by atoms with van der Waals surface area (Å²) in [5.74, 6) is 3.20. The van der Waals surface area contributed by atoms with Crippen LogP contribution in [0.4, 0.5) is 85.3 Å². The first-order chi connectivity index (χ1) is 39.0. The van der Waals surface area contributed by atoms with Crippen LogP contribution in [0.15, 0.2) is 285 Å². The molecule has 0 atom stereocenters. The zero-order valence-corrected chi connectivity index (χ0v) is 44.5. The maximum Gasteiger partial charge on any atom is 0.119 e. The predicted octanol–water partition coefficient (Wildman–Crippen LogP) is 19.1. The van der Waals surface area contributed by atoms with Crippen LogP contribution in [0.3, 0.4) is 0 Å². The van der Waals surface area contributed by atoms with Gasteiger partial charge in [-0.2, -0.15) is 0 Å². The van der Waals surface area contributed by atoms with Crippen LogP contribution >= 0.6 is 0 Å². The summed E-state index contributed by atoms with van der Waals surface area (Å²) in [7, 11) is 6.74. The van der Waals surface area contributed by atoms with Gasteiger partial charge in [-0.1, -0.05) is 54.6 Å². The van der Waals surface area contributed by atoms with Crippen molar-refractivity contribution in [3.05, 3.63) is 285 Å². The molecule has 0 aromatic heterocycles. The molecule has 0 spiro atoms. The standard InChI is InChI=1S/C70H59N5O4/c1-76-67-44-36-63(37-45-67)74(64-38-46-68(77-2)47-39-64)61-32-28-59(29-33-61)72(53-16-10-6-11-17-53)57-24-20-55(21-25-57)71(52-14-8-5-9-15-52)56-22-26-58(27-23-56)73(54-18-12-7-13-19-54)60-30-34-62(35-31-60)75(65-40-48-69(78-3)49-41-65)66-42-50-70(79-4)51-43-66/h5-51H,1-4H3. The molecule has 9 nitrogen and oxygen atoms in total. The Bertz CT molecular complexity index is 3340. The molecule has 11 aromatic rings. The van der Waals surface area contributed by atoms with Crippen LogP contribution in [0.25, 0.3) is 0 Å². The molecule has 0 saturated carbocycles. The third-order valence-corrected chi connectivity index (χ3v) is 13.8. The number of benzene rings is 11. The van der Waals surface area contributed by atoms with E-state index in [1.807, 2.05) is 48.5 Å². The van der Waals surface area contributed by atoms with Crippen molar-refractivity contribution in [2.75, 3.05) is 52.9 Å². The number of hydrogen-bond acceptors (Lipinski definition) is 9. The highest BCUT2D eigenvalue weighted by atomic mass is 16.5. The van der Waals surface area contributed by atoms with E-state index in [0.29, 0.717) is 0 Å². The van der Waals surface area contributed by atoms with Crippen LogP contribution in [0.1, 0.15) is 0 Å². The van der Waals surface area contributed by atoms with Gasteiger partial charge in [0, 0.05) is 85.3 Å². The van der Waals surface area contributed by atoms with E-state index >= 15 is 0 Å². The van der Waals surface area contributed by atoms with Gasteiger partial charge in [-0.25, -0.2) is 0 Å². The van der Waals surface area contributed by atoms with Crippen LogP contribution in [0.2, 0.25) is 0 Å². The van der Waals surface area contributed by atoms with Crippen LogP contribution in [-0.2, 0) is 0 Å². The molecule has 0 aliphatic heterocycles. The SMILES string of the molecule is COc1ccc(N(c2ccc(OC)cc2)c2ccc(N(c3ccccc3)c3ccc(N(c4ccccc4)c4ccc(N(c5ccccc5)c5ccc(N(c6ccc(OC)cc6)c6ccc(OC)cc6)cc5)cc4)cc3)cc2)cc1. The van der Waals surface area contributed by atoms with Crippen molar-refractivity contribution in [2.24, 2.45) is 0 Å². The maximum absolute atomic E-state index is 5.51. The minimum atomic E-state index is 0.799. The van der Waals surface area contributed by atoms with Gasteiger partial charge in [0.25, 0.3) is 0 Å². The summed E-state index contributed by atoms with van der Waals surface area (Å²) in [4.78, 5) is 11.3. The number of anilines is 15. The lowest BCUT2D eigenvalue weighted by Crippen LogP contribution is -2.13. The second-order valence-corrected chi connectivity index (χ2v) is 18.5. The number of ether oxygens (including phenoxy) is 4. The Morgan fingerprint density at radius 1 is 0.152 bits per heavy atom. The van der Waals surface area contributed by atoms with Gasteiger partial charge < -0.3 is 43.4 Å². The molecule has 0 bridgehead atoms. The Hall–Kier alpha value is -10.4. The smallest absolute Gasteiger partial charge is 0.119 e. The van der Waals surface area contributed by atoms with E-state index in [4.69, 9.17) is 18.9 Å². The van der Waals surface area contributed by atoms with Crippen LogP contribution in [-0.4, -0.2) is 28.4 Å². The largest absolute Gasteiger partial charge is 0.497 e. The van der Waals surface area contributed by atoms with Gasteiger partial charge in [-0.3, -0.25) is 0 Å². The van der Waals surface area contributed by atoms with E-state index in [-0.39, 0.29) is 0 Å². The molecule has 0 aliphatic carbocycles. The molecule has 79 heavy (non-hydrogen) atoms. The summed E-state index contributed by atoms with van der Waals surface area (Å²) in [6, 6.07) is 99.0. The molecule has 0 amide bonds. The molecule has 388 valence electrons. The maximum atomic E-state index is 5.51. The molecular weight excluding hydrogens is 975 g/mol. The summed E-state index contributed by atoms with van der Waals surface area (Å²) < 4.78 is 22.0. The molecule has 0 saturated heterocycles. The number of methoxy groups -OCH3 is 4. The number of hydrogen-bond donors (Lipinski definition) is 0. The average Bonchev–Trinajstić information content (AvgIpc) is 3.53. The van der Waals surface area contributed by atoms with Gasteiger partial charge in [0.1, 0.15) is 23.0 Å². The number of nitrogens with zero attached hydrogens (tertiary/aromatic N) is 5. The predicted molar refractivity (Wildman–Crippen MR) is 326 cm³/mol. The molecule has 9 heteroatoms. The van der Waals surface area contributed by atoms with Crippen molar-refractivity contribution in [3.63, 3.8) is 0 Å². The van der Waals surface area contributed by atoms with Crippen molar-refractivity contribution in [1.82, 2.24) is 0 Å². The minimum absolute atomic E-state index is 0.799. The van der Waals surface area contributed by atoms with Crippen molar-refractivity contribution >= 4 is 85.3 Å². The number of para-hydroxylation sites is 3. The Labute approximate surface area is 463 Å². The lowest BCUT2D eigenvalue weighted by atomic mass is 10.1. The zero-order valence-electron chi connectivity index (χ0n) is 44.5. The highest BCUT2D eigenvalue weighted by molar-refractivity contribution is 5.86. The summed E-state index contributed by atoms with van der Waals surface area (Å²) in [5, 5.41) is 0. The Kier molecular flexibility index (Phi) is 15.2. The van der Waals surface area contributed by atoms with E-state index in [1.54, 1.807) is 28.4 Å². The monoisotopic (exact) mass is 1030 g/mol. The van der Waals surface area contributed by atoms with Crippen LogP contribution in [0, 0.1) is 0 Å². The fraction of sp³-hybridized carbons (Fsp3) is 0.0571. The van der Waals surface area contributed by atoms with E-state index in [2.05, 4.69) is 261 Å². The molecule has 11 aromatic carbocycles. The first-order valence-electron chi connectivity index (χ1n) is 26.1. The topological polar surface area (TPSA) is 53.1 Å². The Balaban J connectivity index is 0.909. The quantitative estimate of drug-likeness (QED) is 0.0788. The highest BCUT2D eigenvalue weighted by Crippen LogP contribution is 2.44. The summed E-state index contributed by atoms with van der Waals surface area (Å²) >= 11 is 0. The van der Waals surface area contributed by atoms with Crippen molar-refractivity contribution < 1.29 is 18.9 Å². The highest BCUT2D eigenvalue weighted by Gasteiger charge is 2.21.